The number of hydroxylamine groups is 1. The number of hydrogen-bond acceptors (Lipinski definition) is 4. The first-order valence-electron chi connectivity index (χ1n) is 9.96. The minimum absolute atomic E-state index is 0.0273. The van der Waals surface area contributed by atoms with E-state index >= 15 is 0 Å². The van der Waals surface area contributed by atoms with Crippen LogP contribution in [0.4, 0.5) is 13.2 Å². The number of carbonyl (C=O) groups is 3. The molecule has 10 heteroatoms. The predicted octanol–water partition coefficient (Wildman–Crippen LogP) is 3.10. The van der Waals surface area contributed by atoms with Gasteiger partial charge in [0.1, 0.15) is 6.04 Å². The van der Waals surface area contributed by atoms with Gasteiger partial charge in [-0.25, -0.2) is 5.48 Å². The van der Waals surface area contributed by atoms with Gasteiger partial charge in [-0.2, -0.15) is 13.2 Å². The first-order chi connectivity index (χ1) is 14.3. The third kappa shape index (κ3) is 7.86. The second kappa shape index (κ2) is 11.1. The summed E-state index contributed by atoms with van der Waals surface area (Å²) in [4.78, 5) is 38.5. The number of alkyl halides is 3. The molecular weight excluding hydrogens is 415 g/mol. The average molecular weight is 445 g/mol. The number of primary amides is 1. The molecular formula is C21H30F3N3O4. The van der Waals surface area contributed by atoms with Crippen LogP contribution in [0.15, 0.2) is 24.3 Å². The lowest BCUT2D eigenvalue weighted by Crippen LogP contribution is -2.52. The second-order valence-corrected chi connectivity index (χ2v) is 8.32. The van der Waals surface area contributed by atoms with Crippen LogP contribution in [0.2, 0.25) is 0 Å². The highest BCUT2D eigenvalue weighted by Crippen LogP contribution is 2.30. The molecule has 1 unspecified atom stereocenters. The lowest BCUT2D eigenvalue weighted by atomic mass is 9.90. The number of halogens is 3. The summed E-state index contributed by atoms with van der Waals surface area (Å²) in [6.45, 7) is 6.94. The summed E-state index contributed by atoms with van der Waals surface area (Å²) < 4.78 is 38.5. The van der Waals surface area contributed by atoms with Crippen molar-refractivity contribution in [3.05, 3.63) is 35.4 Å². The largest absolute Gasteiger partial charge is 0.416 e. The average Bonchev–Trinajstić information content (AvgIpc) is 2.65. The Labute approximate surface area is 179 Å². The summed E-state index contributed by atoms with van der Waals surface area (Å²) in [6.07, 6.45) is -4.50. The molecule has 0 spiro atoms. The molecule has 0 fully saturated rings. The summed E-state index contributed by atoms with van der Waals surface area (Å²) in [7, 11) is 0. The zero-order chi connectivity index (χ0) is 23.9. The van der Waals surface area contributed by atoms with Crippen LogP contribution in [0.25, 0.3) is 0 Å². The van der Waals surface area contributed by atoms with E-state index in [2.05, 4.69) is 0 Å². The summed E-state index contributed by atoms with van der Waals surface area (Å²) in [5.74, 6) is -3.24. The molecule has 174 valence electrons. The van der Waals surface area contributed by atoms with Crippen molar-refractivity contribution in [2.45, 2.75) is 59.3 Å². The normalized spacial score (nSPS) is 13.7. The highest BCUT2D eigenvalue weighted by atomic mass is 19.4. The van der Waals surface area contributed by atoms with Crippen LogP contribution in [0.5, 0.6) is 0 Å². The first kappa shape index (κ1) is 26.4. The van der Waals surface area contributed by atoms with Crippen LogP contribution < -0.4 is 11.2 Å². The van der Waals surface area contributed by atoms with E-state index in [9.17, 15) is 27.6 Å². The SMILES string of the molecule is CC(C)CC(CC(=O)NO)C(=O)N(Cc1ccc(C(F)(F)F)cc1)[C@H](C(N)=O)C(C)C. The molecule has 31 heavy (non-hydrogen) atoms. The van der Waals surface area contributed by atoms with Gasteiger partial charge in [-0.15, -0.1) is 0 Å². The zero-order valence-corrected chi connectivity index (χ0v) is 18.1. The molecule has 2 atom stereocenters. The predicted molar refractivity (Wildman–Crippen MR) is 107 cm³/mol. The number of carbonyl (C=O) groups excluding carboxylic acids is 3. The molecule has 0 aliphatic rings. The number of benzene rings is 1. The highest BCUT2D eigenvalue weighted by molar-refractivity contribution is 5.90. The van der Waals surface area contributed by atoms with E-state index < -0.39 is 41.4 Å². The lowest BCUT2D eigenvalue weighted by molar-refractivity contribution is -0.147. The van der Waals surface area contributed by atoms with Crippen LogP contribution in [0, 0.1) is 17.8 Å². The maximum atomic E-state index is 13.4. The number of nitrogens with zero attached hydrogens (tertiary/aromatic N) is 1. The van der Waals surface area contributed by atoms with Crippen molar-refractivity contribution in [2.24, 2.45) is 23.5 Å². The fourth-order valence-corrected chi connectivity index (χ4v) is 3.50. The van der Waals surface area contributed by atoms with Crippen LogP contribution in [-0.4, -0.2) is 33.9 Å². The Morgan fingerprint density at radius 3 is 2.03 bits per heavy atom. The van der Waals surface area contributed by atoms with Gasteiger partial charge in [0.05, 0.1) is 5.56 Å². The van der Waals surface area contributed by atoms with Crippen molar-refractivity contribution in [3.63, 3.8) is 0 Å². The first-order valence-corrected chi connectivity index (χ1v) is 9.96. The quantitative estimate of drug-likeness (QED) is 0.379. The molecule has 0 heterocycles. The van der Waals surface area contributed by atoms with Gasteiger partial charge in [0.15, 0.2) is 0 Å². The van der Waals surface area contributed by atoms with E-state index in [-0.39, 0.29) is 24.8 Å². The van der Waals surface area contributed by atoms with Gasteiger partial charge in [-0.1, -0.05) is 39.8 Å². The number of amides is 3. The minimum atomic E-state index is -4.50. The molecule has 0 radical (unpaired) electrons. The standard InChI is InChI=1S/C21H30F3N3O4/c1-12(2)9-15(10-17(28)26-31)20(30)27(18(13(3)4)19(25)29)11-14-5-7-16(8-6-14)21(22,23)24/h5-8,12-13,15,18,31H,9-11H2,1-4H3,(H2,25,29)(H,26,28)/t15?,18-/m0/s1. The van der Waals surface area contributed by atoms with Crippen molar-refractivity contribution in [3.8, 4) is 0 Å². The van der Waals surface area contributed by atoms with Crippen LogP contribution in [0.1, 0.15) is 51.7 Å². The topological polar surface area (TPSA) is 113 Å². The molecule has 1 aromatic rings. The molecule has 0 bridgehead atoms. The van der Waals surface area contributed by atoms with E-state index in [1.165, 1.54) is 22.5 Å². The molecule has 0 aliphatic heterocycles. The van der Waals surface area contributed by atoms with Crippen molar-refractivity contribution in [1.29, 1.82) is 0 Å². The molecule has 4 N–H and O–H groups in total. The number of hydrogen-bond donors (Lipinski definition) is 3. The summed E-state index contributed by atoms with van der Waals surface area (Å²) in [5.41, 5.74) is 6.58. The van der Waals surface area contributed by atoms with Crippen molar-refractivity contribution >= 4 is 17.7 Å². The van der Waals surface area contributed by atoms with Gasteiger partial charge >= 0.3 is 6.18 Å². The Morgan fingerprint density at radius 2 is 1.65 bits per heavy atom. The van der Waals surface area contributed by atoms with E-state index in [0.29, 0.717) is 12.0 Å². The van der Waals surface area contributed by atoms with Crippen molar-refractivity contribution in [1.82, 2.24) is 10.4 Å². The number of rotatable bonds is 10. The van der Waals surface area contributed by atoms with E-state index in [0.717, 1.165) is 12.1 Å². The Morgan fingerprint density at radius 1 is 1.10 bits per heavy atom. The van der Waals surface area contributed by atoms with Gasteiger partial charge < -0.3 is 10.6 Å². The highest BCUT2D eigenvalue weighted by Gasteiger charge is 2.36. The fourth-order valence-electron chi connectivity index (χ4n) is 3.50. The Kier molecular flexibility index (Phi) is 9.48. The Balaban J connectivity index is 3.33. The lowest BCUT2D eigenvalue weighted by Gasteiger charge is -2.35. The summed E-state index contributed by atoms with van der Waals surface area (Å²) in [5, 5.41) is 8.86. The molecule has 0 aromatic heterocycles. The Hall–Kier alpha value is -2.62. The van der Waals surface area contributed by atoms with Gasteiger partial charge in [0.2, 0.25) is 17.7 Å². The van der Waals surface area contributed by atoms with Gasteiger partial charge in [-0.3, -0.25) is 19.6 Å². The molecule has 1 rings (SSSR count). The third-order valence-electron chi connectivity index (χ3n) is 4.84. The van der Waals surface area contributed by atoms with Crippen molar-refractivity contribution in [2.75, 3.05) is 0 Å². The molecule has 7 nitrogen and oxygen atoms in total. The van der Waals surface area contributed by atoms with Gasteiger partial charge in [0.25, 0.3) is 0 Å². The molecule has 0 aliphatic carbocycles. The minimum Gasteiger partial charge on any atom is -0.368 e. The monoisotopic (exact) mass is 445 g/mol. The molecule has 1 aromatic carbocycles. The third-order valence-corrected chi connectivity index (χ3v) is 4.84. The Bertz CT molecular complexity index is 764. The zero-order valence-electron chi connectivity index (χ0n) is 18.1. The molecule has 0 saturated heterocycles. The van der Waals surface area contributed by atoms with Gasteiger partial charge in [0, 0.05) is 18.9 Å². The summed E-state index contributed by atoms with van der Waals surface area (Å²) >= 11 is 0. The number of nitrogens with one attached hydrogen (secondary N) is 1. The molecule has 3 amide bonds. The van der Waals surface area contributed by atoms with E-state index in [4.69, 9.17) is 10.9 Å². The maximum absolute atomic E-state index is 13.4. The van der Waals surface area contributed by atoms with Crippen LogP contribution >= 0.6 is 0 Å². The number of nitrogens with two attached hydrogens (primary N) is 1. The van der Waals surface area contributed by atoms with E-state index in [1.807, 2.05) is 13.8 Å². The maximum Gasteiger partial charge on any atom is 0.416 e. The smallest absolute Gasteiger partial charge is 0.368 e. The van der Waals surface area contributed by atoms with Crippen molar-refractivity contribution < 1.29 is 32.8 Å². The van der Waals surface area contributed by atoms with Crippen LogP contribution in [0.3, 0.4) is 0 Å². The second-order valence-electron chi connectivity index (χ2n) is 8.32. The summed E-state index contributed by atoms with van der Waals surface area (Å²) in [6, 6.07) is 3.25. The van der Waals surface area contributed by atoms with Gasteiger partial charge in [-0.05, 0) is 36.0 Å². The van der Waals surface area contributed by atoms with E-state index in [1.54, 1.807) is 13.8 Å². The molecule has 0 saturated carbocycles. The van der Waals surface area contributed by atoms with Crippen LogP contribution in [-0.2, 0) is 27.1 Å². The fraction of sp³-hybridized carbons (Fsp3) is 0.571.